The molecule has 0 radical (unpaired) electrons. The Hall–Kier alpha value is -3.75. The van der Waals surface area contributed by atoms with Crippen molar-refractivity contribution in [1.82, 2.24) is 16.0 Å². The number of hydrogen-bond acceptors (Lipinski definition) is 9. The molecule has 12 N–H and O–H groups in total. The highest BCUT2D eigenvalue weighted by Gasteiger charge is 2.33. The third-order valence-corrected chi connectivity index (χ3v) is 5.67. The molecule has 212 valence electrons. The van der Waals surface area contributed by atoms with Crippen LogP contribution in [0.5, 0.6) is 5.75 Å². The number of carbonyl (C=O) groups excluding carboxylic acids is 4. The first kappa shape index (κ1) is 32.3. The molecule has 14 heteroatoms. The van der Waals surface area contributed by atoms with Crippen molar-refractivity contribution in [2.45, 2.75) is 75.7 Å². The number of hydrogen-bond donors (Lipinski definition) is 9. The number of carboxylic acids is 1. The van der Waals surface area contributed by atoms with Crippen molar-refractivity contribution in [2.24, 2.45) is 17.2 Å². The molecule has 1 aromatic carbocycles. The van der Waals surface area contributed by atoms with E-state index in [1.165, 1.54) is 31.2 Å². The van der Waals surface area contributed by atoms with Gasteiger partial charge >= 0.3 is 5.97 Å². The van der Waals surface area contributed by atoms with Gasteiger partial charge in [0.2, 0.25) is 23.6 Å². The van der Waals surface area contributed by atoms with Crippen LogP contribution in [0.1, 0.15) is 44.6 Å². The summed E-state index contributed by atoms with van der Waals surface area (Å²) in [6.45, 7) is 1.64. The van der Waals surface area contributed by atoms with E-state index in [4.69, 9.17) is 17.2 Å². The van der Waals surface area contributed by atoms with E-state index in [1.807, 2.05) is 0 Å². The predicted molar refractivity (Wildman–Crippen MR) is 136 cm³/mol. The Labute approximate surface area is 220 Å². The molecule has 0 spiro atoms. The number of aliphatic hydroxyl groups is 1. The largest absolute Gasteiger partial charge is 0.508 e. The van der Waals surface area contributed by atoms with Crippen LogP contribution in [0.15, 0.2) is 24.3 Å². The lowest BCUT2D eigenvalue weighted by Gasteiger charge is -2.26. The number of carboxylic acid groups (broad SMARTS) is 1. The standard InChI is InChI=1S/C24H38N6O8/c1-13(31)20(23(36)29-18(24(37)38)12-14-5-7-15(32)8-6-14)30-22(35)17(9-10-19(27)33)28-21(34)16(26)4-2-3-11-25/h5-8,13,16-18,20,31-32H,2-4,9-12,25-26H2,1H3,(H2,27,33)(H,28,34)(H,29,36)(H,30,35)(H,37,38). The average Bonchev–Trinajstić information content (AvgIpc) is 2.85. The molecule has 1 rings (SSSR count). The smallest absolute Gasteiger partial charge is 0.326 e. The van der Waals surface area contributed by atoms with Crippen LogP contribution in [0.4, 0.5) is 0 Å². The molecule has 0 saturated heterocycles. The number of aromatic hydroxyl groups is 1. The molecular formula is C24H38N6O8. The molecule has 0 aromatic heterocycles. The summed E-state index contributed by atoms with van der Waals surface area (Å²) in [6.07, 6.45) is -0.502. The number of phenols is 1. The lowest BCUT2D eigenvalue weighted by Crippen LogP contribution is -2.60. The second-order valence-electron chi connectivity index (χ2n) is 8.95. The van der Waals surface area contributed by atoms with Gasteiger partial charge in [-0.05, 0) is 50.4 Å². The number of carbonyl (C=O) groups is 5. The molecule has 5 unspecified atom stereocenters. The summed E-state index contributed by atoms with van der Waals surface area (Å²) in [7, 11) is 0. The van der Waals surface area contributed by atoms with Crippen LogP contribution < -0.4 is 33.2 Å². The Balaban J connectivity index is 2.96. The zero-order valence-corrected chi connectivity index (χ0v) is 21.3. The van der Waals surface area contributed by atoms with Crippen LogP contribution in [0, 0.1) is 0 Å². The van der Waals surface area contributed by atoms with Crippen LogP contribution in [0.3, 0.4) is 0 Å². The summed E-state index contributed by atoms with van der Waals surface area (Å²) in [4.78, 5) is 61.3. The van der Waals surface area contributed by atoms with E-state index in [1.54, 1.807) is 0 Å². The first-order chi connectivity index (χ1) is 17.8. The molecule has 1 aromatic rings. The van der Waals surface area contributed by atoms with Crippen LogP contribution >= 0.6 is 0 Å². The van der Waals surface area contributed by atoms with E-state index in [0.29, 0.717) is 31.4 Å². The minimum Gasteiger partial charge on any atom is -0.508 e. The monoisotopic (exact) mass is 538 g/mol. The first-order valence-corrected chi connectivity index (χ1v) is 12.2. The van der Waals surface area contributed by atoms with E-state index in [-0.39, 0.29) is 25.0 Å². The third-order valence-electron chi connectivity index (χ3n) is 5.67. The summed E-state index contributed by atoms with van der Waals surface area (Å²) in [5, 5.41) is 36.1. The Morgan fingerprint density at radius 1 is 0.895 bits per heavy atom. The van der Waals surface area contributed by atoms with E-state index in [9.17, 15) is 39.3 Å². The normalized spacial score (nSPS) is 14.8. The second-order valence-corrected chi connectivity index (χ2v) is 8.95. The zero-order chi connectivity index (χ0) is 28.8. The van der Waals surface area contributed by atoms with Gasteiger partial charge in [0, 0.05) is 12.8 Å². The van der Waals surface area contributed by atoms with Crippen molar-refractivity contribution in [3.63, 3.8) is 0 Å². The number of aliphatic hydroxyl groups excluding tert-OH is 1. The van der Waals surface area contributed by atoms with Crippen molar-refractivity contribution in [2.75, 3.05) is 6.54 Å². The number of nitrogens with two attached hydrogens (primary N) is 3. The van der Waals surface area contributed by atoms with Crippen LogP contribution in [0.25, 0.3) is 0 Å². The molecule has 0 heterocycles. The molecule has 0 fully saturated rings. The fourth-order valence-corrected chi connectivity index (χ4v) is 3.46. The summed E-state index contributed by atoms with van der Waals surface area (Å²) in [6, 6.07) is 0.432. The van der Waals surface area contributed by atoms with Gasteiger partial charge in [0.15, 0.2) is 0 Å². The zero-order valence-electron chi connectivity index (χ0n) is 21.3. The van der Waals surface area contributed by atoms with Gasteiger partial charge in [-0.2, -0.15) is 0 Å². The maximum Gasteiger partial charge on any atom is 0.326 e. The number of primary amides is 1. The Bertz CT molecular complexity index is 956. The van der Waals surface area contributed by atoms with E-state index >= 15 is 0 Å². The number of amides is 4. The van der Waals surface area contributed by atoms with E-state index < -0.39 is 59.9 Å². The summed E-state index contributed by atoms with van der Waals surface area (Å²) in [5.41, 5.74) is 17.0. The van der Waals surface area contributed by atoms with E-state index in [2.05, 4.69) is 16.0 Å². The molecule has 5 atom stereocenters. The van der Waals surface area contributed by atoms with Gasteiger partial charge in [0.05, 0.1) is 12.1 Å². The Morgan fingerprint density at radius 3 is 2.03 bits per heavy atom. The molecular weight excluding hydrogens is 500 g/mol. The van der Waals surface area contributed by atoms with Gasteiger partial charge in [-0.1, -0.05) is 18.6 Å². The molecule has 0 saturated carbocycles. The minimum absolute atomic E-state index is 0.0176. The average molecular weight is 539 g/mol. The number of aliphatic carboxylic acids is 1. The van der Waals surface area contributed by atoms with Crippen LogP contribution in [-0.4, -0.2) is 81.7 Å². The van der Waals surface area contributed by atoms with Crippen molar-refractivity contribution in [1.29, 1.82) is 0 Å². The van der Waals surface area contributed by atoms with Crippen molar-refractivity contribution >= 4 is 29.6 Å². The maximum absolute atomic E-state index is 13.0. The summed E-state index contributed by atoms with van der Waals surface area (Å²) >= 11 is 0. The van der Waals surface area contributed by atoms with Gasteiger partial charge in [0.1, 0.15) is 23.9 Å². The number of benzene rings is 1. The van der Waals surface area contributed by atoms with Gasteiger partial charge in [-0.25, -0.2) is 4.79 Å². The Morgan fingerprint density at radius 2 is 1.50 bits per heavy atom. The SMILES string of the molecule is CC(O)C(NC(=O)C(CCC(N)=O)NC(=O)C(N)CCCCN)C(=O)NC(Cc1ccc(O)cc1)C(=O)O. The van der Waals surface area contributed by atoms with Crippen molar-refractivity contribution in [3.05, 3.63) is 29.8 Å². The lowest BCUT2D eigenvalue weighted by atomic mass is 10.0. The van der Waals surface area contributed by atoms with Crippen molar-refractivity contribution in [3.8, 4) is 5.75 Å². The quantitative estimate of drug-likeness (QED) is 0.0947. The molecule has 0 bridgehead atoms. The highest BCUT2D eigenvalue weighted by Crippen LogP contribution is 2.12. The first-order valence-electron chi connectivity index (χ1n) is 12.2. The van der Waals surface area contributed by atoms with Gasteiger partial charge < -0.3 is 48.5 Å². The molecule has 0 aliphatic carbocycles. The van der Waals surface area contributed by atoms with Gasteiger partial charge in [-0.15, -0.1) is 0 Å². The van der Waals surface area contributed by atoms with Crippen LogP contribution in [-0.2, 0) is 30.4 Å². The second kappa shape index (κ2) is 16.2. The third kappa shape index (κ3) is 11.5. The topological polar surface area (TPSA) is 260 Å². The highest BCUT2D eigenvalue weighted by atomic mass is 16.4. The van der Waals surface area contributed by atoms with E-state index in [0.717, 1.165) is 0 Å². The fraction of sp³-hybridized carbons (Fsp3) is 0.542. The van der Waals surface area contributed by atoms with Crippen molar-refractivity contribution < 1.29 is 39.3 Å². The van der Waals surface area contributed by atoms with Gasteiger partial charge in [-0.3, -0.25) is 19.2 Å². The molecule has 0 aliphatic heterocycles. The Kier molecular flexibility index (Phi) is 13.7. The number of rotatable bonds is 17. The number of phenolic OH excluding ortho intramolecular Hbond substituents is 1. The highest BCUT2D eigenvalue weighted by molar-refractivity contribution is 5.94. The predicted octanol–water partition coefficient (Wildman–Crippen LogP) is -2.42. The summed E-state index contributed by atoms with van der Waals surface area (Å²) < 4.78 is 0. The molecule has 4 amide bonds. The minimum atomic E-state index is -1.59. The molecule has 14 nitrogen and oxygen atoms in total. The number of nitrogens with one attached hydrogen (secondary N) is 3. The fourth-order valence-electron chi connectivity index (χ4n) is 3.46. The summed E-state index contributed by atoms with van der Waals surface area (Å²) in [5.74, 6) is -4.66. The maximum atomic E-state index is 13.0. The molecule has 38 heavy (non-hydrogen) atoms. The van der Waals surface area contributed by atoms with Crippen LogP contribution in [0.2, 0.25) is 0 Å². The number of unbranched alkanes of at least 4 members (excludes halogenated alkanes) is 1. The molecule has 0 aliphatic rings. The lowest BCUT2D eigenvalue weighted by molar-refractivity contribution is -0.143. The van der Waals surface area contributed by atoms with Gasteiger partial charge in [0.25, 0.3) is 0 Å².